The van der Waals surface area contributed by atoms with Crippen LogP contribution in [0.25, 0.3) is 0 Å². The van der Waals surface area contributed by atoms with Gasteiger partial charge in [0, 0.05) is 0 Å². The predicted molar refractivity (Wildman–Crippen MR) is 71.0 cm³/mol. The Kier molecular flexibility index (Phi) is 4.78. The minimum absolute atomic E-state index is 0.211. The van der Waals surface area contributed by atoms with Gasteiger partial charge >= 0.3 is 2.43 Å². The third kappa shape index (κ3) is 3.27. The van der Waals surface area contributed by atoms with Crippen LogP contribution in [-0.2, 0) is 0 Å². The van der Waals surface area contributed by atoms with Crippen LogP contribution in [0.15, 0.2) is 18.2 Å². The van der Waals surface area contributed by atoms with E-state index < -0.39 is 0 Å². The first-order valence-electron chi connectivity index (χ1n) is 3.85. The lowest BCUT2D eigenvalue weighted by atomic mass is 9.94. The summed E-state index contributed by atoms with van der Waals surface area (Å²) < 4.78 is 18.5. The van der Waals surface area contributed by atoms with Crippen LogP contribution in [0, 0.1) is 5.82 Å². The Balaban J connectivity index is 3.03. The second kappa shape index (κ2) is 5.38. The van der Waals surface area contributed by atoms with Crippen molar-refractivity contribution in [2.45, 2.75) is 6.92 Å². The molecule has 1 rings (SSSR count). The summed E-state index contributed by atoms with van der Waals surface area (Å²) in [7, 11) is 0. The average Bonchev–Trinajstić information content (AvgIpc) is 2.08. The molecule has 1 nitrogen and oxygen atoms in total. The van der Waals surface area contributed by atoms with E-state index in [2.05, 4.69) is 44.7 Å². The molecule has 0 heterocycles. The fraction of sp³-hybridized carbons (Fsp3) is 0.250. The molecule has 0 radical (unpaired) electrons. The molecule has 0 spiro atoms. The third-order valence-electron chi connectivity index (χ3n) is 1.51. The summed E-state index contributed by atoms with van der Waals surface area (Å²) in [5.74, 6) is 0.564. The lowest BCUT2D eigenvalue weighted by Gasteiger charge is -2.09. The quantitative estimate of drug-likeness (QED) is 0.557. The highest BCUT2D eigenvalue weighted by molar-refractivity contribution is 14.3. The van der Waals surface area contributed by atoms with Crippen molar-refractivity contribution in [3.8, 4) is 5.75 Å². The molecule has 0 amide bonds. The van der Waals surface area contributed by atoms with Crippen LogP contribution in [0.1, 0.15) is 6.92 Å². The van der Waals surface area contributed by atoms with Crippen molar-refractivity contribution in [1.29, 1.82) is 0 Å². The standard InChI is InChI=1S/C8H8BFI2O/c1-2-13-8-4-3-6(10)5-7(8)9(11)12/h3-5H,2H2,1H3. The summed E-state index contributed by atoms with van der Waals surface area (Å²) in [5.41, 5.74) is 0.906. The fourth-order valence-corrected chi connectivity index (χ4v) is 1.95. The van der Waals surface area contributed by atoms with Gasteiger partial charge in [-0.25, -0.2) is 4.39 Å². The number of benzene rings is 1. The molecule has 0 aliphatic rings. The molecule has 0 atom stereocenters. The molecule has 0 N–H and O–H groups in total. The summed E-state index contributed by atoms with van der Waals surface area (Å²) in [6, 6.07) is 4.62. The summed E-state index contributed by atoms with van der Waals surface area (Å²) >= 11 is 4.46. The van der Waals surface area contributed by atoms with E-state index in [1.807, 2.05) is 6.92 Å². The molecule has 0 saturated heterocycles. The molecule has 0 unspecified atom stereocenters. The minimum Gasteiger partial charge on any atom is -0.494 e. The van der Waals surface area contributed by atoms with E-state index in [1.165, 1.54) is 12.1 Å². The van der Waals surface area contributed by atoms with Gasteiger partial charge < -0.3 is 4.74 Å². The molecule has 0 aliphatic carbocycles. The van der Waals surface area contributed by atoms with Gasteiger partial charge in [0.15, 0.2) is 0 Å². The van der Waals surface area contributed by atoms with Crippen molar-refractivity contribution in [2.24, 2.45) is 0 Å². The number of hydrogen-bond acceptors (Lipinski definition) is 1. The highest BCUT2D eigenvalue weighted by atomic mass is 127. The van der Waals surface area contributed by atoms with E-state index in [0.717, 1.165) is 11.2 Å². The Morgan fingerprint density at radius 3 is 2.69 bits per heavy atom. The SMILES string of the molecule is CCOc1ccc(F)cc1B(I)I. The number of ether oxygens (including phenoxy) is 1. The van der Waals surface area contributed by atoms with Crippen LogP contribution >= 0.6 is 44.7 Å². The Bertz CT molecular complexity index is 293. The second-order valence-electron chi connectivity index (χ2n) is 2.42. The fourth-order valence-electron chi connectivity index (χ4n) is 0.977. The van der Waals surface area contributed by atoms with Crippen LogP contribution in [0.5, 0.6) is 5.75 Å². The van der Waals surface area contributed by atoms with E-state index in [0.29, 0.717) is 6.61 Å². The lowest BCUT2D eigenvalue weighted by molar-refractivity contribution is 0.342. The summed E-state index contributed by atoms with van der Waals surface area (Å²) in [5, 5.41) is 0. The first-order chi connectivity index (χ1) is 6.15. The number of rotatable bonds is 3. The van der Waals surface area contributed by atoms with Gasteiger partial charge in [-0.3, -0.25) is 0 Å². The van der Waals surface area contributed by atoms with E-state index in [-0.39, 0.29) is 8.24 Å². The predicted octanol–water partition coefficient (Wildman–Crippen LogP) is 2.79. The molecule has 0 saturated carbocycles. The van der Waals surface area contributed by atoms with Crippen LogP contribution in [0.2, 0.25) is 0 Å². The molecular formula is C8H8BFI2O. The van der Waals surface area contributed by atoms with Gasteiger partial charge in [-0.2, -0.15) is 0 Å². The van der Waals surface area contributed by atoms with Crippen molar-refractivity contribution in [3.05, 3.63) is 24.0 Å². The Morgan fingerprint density at radius 1 is 1.46 bits per heavy atom. The van der Waals surface area contributed by atoms with Gasteiger partial charge in [0.2, 0.25) is 0 Å². The van der Waals surface area contributed by atoms with Crippen molar-refractivity contribution in [1.82, 2.24) is 0 Å². The highest BCUT2D eigenvalue weighted by Crippen LogP contribution is 2.15. The smallest absolute Gasteiger partial charge is 0.323 e. The normalized spacial score (nSPS) is 9.85. The van der Waals surface area contributed by atoms with Crippen LogP contribution in [-0.4, -0.2) is 9.03 Å². The van der Waals surface area contributed by atoms with E-state index in [9.17, 15) is 4.39 Å². The Morgan fingerprint density at radius 2 is 2.15 bits per heavy atom. The molecule has 5 heteroatoms. The summed E-state index contributed by atoms with van der Waals surface area (Å²) in [4.78, 5) is 0. The zero-order chi connectivity index (χ0) is 9.84. The van der Waals surface area contributed by atoms with Crippen LogP contribution in [0.3, 0.4) is 0 Å². The van der Waals surface area contributed by atoms with Gasteiger partial charge in [-0.15, -0.1) is 44.7 Å². The third-order valence-corrected chi connectivity index (χ3v) is 2.85. The largest absolute Gasteiger partial charge is 0.494 e. The molecule has 0 aromatic heterocycles. The molecule has 0 bridgehead atoms. The maximum absolute atomic E-state index is 12.9. The van der Waals surface area contributed by atoms with Crippen LogP contribution in [0.4, 0.5) is 4.39 Å². The minimum atomic E-state index is -0.211. The maximum Gasteiger partial charge on any atom is 0.323 e. The summed E-state index contributed by atoms with van der Waals surface area (Å²) in [6.45, 7) is 2.53. The second-order valence-corrected chi connectivity index (χ2v) is 7.29. The van der Waals surface area contributed by atoms with Crippen molar-refractivity contribution >= 4 is 52.6 Å². The van der Waals surface area contributed by atoms with E-state index >= 15 is 0 Å². The highest BCUT2D eigenvalue weighted by Gasteiger charge is 2.14. The maximum atomic E-state index is 12.9. The van der Waals surface area contributed by atoms with Gasteiger partial charge in [-0.1, -0.05) is 0 Å². The molecule has 70 valence electrons. The molecule has 1 aromatic carbocycles. The molecule has 0 fully saturated rings. The van der Waals surface area contributed by atoms with E-state index in [1.54, 1.807) is 6.07 Å². The summed E-state index contributed by atoms with van der Waals surface area (Å²) in [6.07, 6.45) is 0. The monoisotopic (exact) mass is 404 g/mol. The number of halogens is 3. The zero-order valence-electron chi connectivity index (χ0n) is 7.06. The molecule has 1 aromatic rings. The van der Waals surface area contributed by atoms with Gasteiger partial charge in [0.25, 0.3) is 0 Å². The van der Waals surface area contributed by atoms with Gasteiger partial charge in [-0.05, 0) is 30.6 Å². The molecular weight excluding hydrogens is 396 g/mol. The van der Waals surface area contributed by atoms with Gasteiger partial charge in [0.05, 0.1) is 6.61 Å². The first-order valence-corrected chi connectivity index (χ1v) is 6.34. The first kappa shape index (κ1) is 11.5. The molecule has 13 heavy (non-hydrogen) atoms. The molecule has 0 aliphatic heterocycles. The van der Waals surface area contributed by atoms with Gasteiger partial charge in [0.1, 0.15) is 11.6 Å². The van der Waals surface area contributed by atoms with Crippen LogP contribution < -0.4 is 10.2 Å². The van der Waals surface area contributed by atoms with Crippen molar-refractivity contribution < 1.29 is 9.13 Å². The Labute approximate surface area is 104 Å². The Hall–Kier alpha value is 0.475. The van der Waals surface area contributed by atoms with Crippen molar-refractivity contribution in [3.63, 3.8) is 0 Å². The topological polar surface area (TPSA) is 9.23 Å². The lowest BCUT2D eigenvalue weighted by Crippen LogP contribution is -2.20. The zero-order valence-corrected chi connectivity index (χ0v) is 11.4. The van der Waals surface area contributed by atoms with Crippen molar-refractivity contribution in [2.75, 3.05) is 6.61 Å². The average molecular weight is 404 g/mol. The van der Waals surface area contributed by atoms with E-state index in [4.69, 9.17) is 4.74 Å². The number of hydrogen-bond donors (Lipinski definition) is 0.